The van der Waals surface area contributed by atoms with Crippen molar-refractivity contribution >= 4 is 12.0 Å². The maximum absolute atomic E-state index is 13.3. The summed E-state index contributed by atoms with van der Waals surface area (Å²) in [6, 6.07) is 6.45. The van der Waals surface area contributed by atoms with E-state index in [1.165, 1.54) is 12.1 Å². The Hall–Kier alpha value is -2.11. The van der Waals surface area contributed by atoms with Crippen molar-refractivity contribution < 1.29 is 18.7 Å². The fourth-order valence-electron chi connectivity index (χ4n) is 2.80. The van der Waals surface area contributed by atoms with Crippen molar-refractivity contribution in [3.05, 3.63) is 35.6 Å². The summed E-state index contributed by atoms with van der Waals surface area (Å²) in [5.41, 5.74) is -0.558. The highest BCUT2D eigenvalue weighted by molar-refractivity contribution is 5.93. The number of ether oxygens (including phenoxy) is 1. The minimum Gasteiger partial charge on any atom is -0.444 e. The molecule has 2 amide bonds. The normalized spacial score (nSPS) is 24.0. The molecule has 0 radical (unpaired) electrons. The van der Waals surface area contributed by atoms with Crippen LogP contribution in [-0.2, 0) is 9.53 Å². The van der Waals surface area contributed by atoms with E-state index in [-0.39, 0.29) is 23.7 Å². The lowest BCUT2D eigenvalue weighted by molar-refractivity contribution is -0.124. The van der Waals surface area contributed by atoms with Crippen molar-refractivity contribution in [2.75, 3.05) is 0 Å². The highest BCUT2D eigenvalue weighted by atomic mass is 19.1. The Morgan fingerprint density at radius 1 is 1.29 bits per heavy atom. The molecule has 2 aliphatic carbocycles. The van der Waals surface area contributed by atoms with Crippen molar-refractivity contribution in [3.63, 3.8) is 0 Å². The van der Waals surface area contributed by atoms with E-state index < -0.39 is 17.2 Å². The zero-order valence-electron chi connectivity index (χ0n) is 14.2. The van der Waals surface area contributed by atoms with Gasteiger partial charge in [-0.25, -0.2) is 9.18 Å². The largest absolute Gasteiger partial charge is 0.444 e. The van der Waals surface area contributed by atoms with Crippen LogP contribution in [0.15, 0.2) is 24.3 Å². The molecule has 2 aliphatic rings. The van der Waals surface area contributed by atoms with Gasteiger partial charge in [-0.3, -0.25) is 4.79 Å². The molecule has 0 spiro atoms. The van der Waals surface area contributed by atoms with Crippen molar-refractivity contribution in [1.29, 1.82) is 0 Å². The van der Waals surface area contributed by atoms with E-state index in [2.05, 4.69) is 10.6 Å². The second-order valence-electron chi connectivity index (χ2n) is 7.69. The third kappa shape index (κ3) is 3.86. The molecular formula is C18H23FN2O3. The first-order valence-electron chi connectivity index (χ1n) is 8.26. The molecule has 0 heterocycles. The lowest BCUT2D eigenvalue weighted by atomic mass is 10.1. The van der Waals surface area contributed by atoms with E-state index in [4.69, 9.17) is 4.74 Å². The summed E-state index contributed by atoms with van der Waals surface area (Å²) in [4.78, 5) is 24.4. The molecule has 2 fully saturated rings. The Bertz CT molecular complexity index is 664. The van der Waals surface area contributed by atoms with Gasteiger partial charge in [0.15, 0.2) is 0 Å². The molecule has 2 N–H and O–H groups in total. The lowest BCUT2D eigenvalue weighted by Gasteiger charge is -2.23. The number of benzene rings is 1. The summed E-state index contributed by atoms with van der Waals surface area (Å²) < 4.78 is 18.5. The van der Waals surface area contributed by atoms with Gasteiger partial charge in [-0.1, -0.05) is 12.1 Å². The molecule has 0 aliphatic heterocycles. The second kappa shape index (κ2) is 5.76. The Kier molecular flexibility index (Phi) is 4.01. The number of alkyl carbamates (subject to hydrolysis) is 1. The summed E-state index contributed by atoms with van der Waals surface area (Å²) in [7, 11) is 0. The van der Waals surface area contributed by atoms with Crippen molar-refractivity contribution in [1.82, 2.24) is 10.6 Å². The minimum atomic E-state index is -0.850. The Balaban J connectivity index is 1.53. The van der Waals surface area contributed by atoms with Gasteiger partial charge >= 0.3 is 6.09 Å². The van der Waals surface area contributed by atoms with Gasteiger partial charge in [0.25, 0.3) is 0 Å². The van der Waals surface area contributed by atoms with Gasteiger partial charge in [0.2, 0.25) is 5.91 Å². The molecule has 0 saturated heterocycles. The molecule has 0 unspecified atom stereocenters. The first-order chi connectivity index (χ1) is 11.2. The first kappa shape index (κ1) is 16.7. The van der Waals surface area contributed by atoms with Gasteiger partial charge in [-0.15, -0.1) is 0 Å². The number of hydrogen-bond donors (Lipinski definition) is 2. The van der Waals surface area contributed by atoms with Crippen molar-refractivity contribution in [2.45, 2.75) is 63.1 Å². The molecule has 2 atom stereocenters. The van der Waals surface area contributed by atoms with E-state index in [0.717, 1.165) is 12.0 Å². The SMILES string of the molecule is CC(C)(C)OC(=O)NC1(C(=O)N[C@@H]2C[C@H]2c2cccc(F)c2)CC1. The van der Waals surface area contributed by atoms with Gasteiger partial charge in [0.05, 0.1) is 0 Å². The zero-order chi connectivity index (χ0) is 17.5. The van der Waals surface area contributed by atoms with Gasteiger partial charge in [0.1, 0.15) is 17.0 Å². The third-order valence-electron chi connectivity index (χ3n) is 4.31. The highest BCUT2D eigenvalue weighted by Gasteiger charge is 2.54. The minimum absolute atomic E-state index is 0.00258. The summed E-state index contributed by atoms with van der Waals surface area (Å²) in [5, 5.41) is 5.65. The lowest BCUT2D eigenvalue weighted by Crippen LogP contribution is -2.50. The standard InChI is InChI=1S/C18H23FN2O3/c1-17(2,3)24-16(23)21-18(7-8-18)15(22)20-14-10-13(14)11-5-4-6-12(19)9-11/h4-6,9,13-14H,7-8,10H2,1-3H3,(H,20,22)(H,21,23)/t13-,14+/m0/s1. The van der Waals surface area contributed by atoms with Crippen LogP contribution in [0.4, 0.5) is 9.18 Å². The number of rotatable bonds is 4. The van der Waals surface area contributed by atoms with E-state index in [1.807, 2.05) is 6.07 Å². The fourth-order valence-corrected chi connectivity index (χ4v) is 2.80. The molecule has 0 bridgehead atoms. The van der Waals surface area contributed by atoms with Gasteiger partial charge in [-0.05, 0) is 57.7 Å². The fraction of sp³-hybridized carbons (Fsp3) is 0.556. The molecule has 5 nitrogen and oxygen atoms in total. The number of amides is 2. The molecule has 0 aromatic heterocycles. The number of carbonyl (C=O) groups excluding carboxylic acids is 2. The van der Waals surface area contributed by atoms with Crippen molar-refractivity contribution in [3.8, 4) is 0 Å². The van der Waals surface area contributed by atoms with Crippen LogP contribution in [0.1, 0.15) is 51.5 Å². The maximum Gasteiger partial charge on any atom is 0.408 e. The number of carbonyl (C=O) groups is 2. The Morgan fingerprint density at radius 3 is 2.58 bits per heavy atom. The van der Waals surface area contributed by atoms with Crippen LogP contribution in [0.5, 0.6) is 0 Å². The van der Waals surface area contributed by atoms with E-state index in [0.29, 0.717) is 12.8 Å². The van der Waals surface area contributed by atoms with E-state index in [1.54, 1.807) is 26.8 Å². The highest BCUT2D eigenvalue weighted by Crippen LogP contribution is 2.43. The molecule has 130 valence electrons. The molecule has 24 heavy (non-hydrogen) atoms. The van der Waals surface area contributed by atoms with Crippen LogP contribution in [0.2, 0.25) is 0 Å². The maximum atomic E-state index is 13.3. The topological polar surface area (TPSA) is 67.4 Å². The van der Waals surface area contributed by atoms with E-state index >= 15 is 0 Å². The first-order valence-corrected chi connectivity index (χ1v) is 8.26. The summed E-state index contributed by atoms with van der Waals surface area (Å²) in [6.07, 6.45) is 1.43. The average molecular weight is 334 g/mol. The molecule has 6 heteroatoms. The van der Waals surface area contributed by atoms with Gasteiger partial charge < -0.3 is 15.4 Å². The number of hydrogen-bond acceptors (Lipinski definition) is 3. The van der Waals surface area contributed by atoms with Crippen LogP contribution in [0.25, 0.3) is 0 Å². The summed E-state index contributed by atoms with van der Waals surface area (Å²) in [5.74, 6) is -0.311. The van der Waals surface area contributed by atoms with Crippen LogP contribution in [0, 0.1) is 5.82 Å². The third-order valence-corrected chi connectivity index (χ3v) is 4.31. The Morgan fingerprint density at radius 2 is 2.00 bits per heavy atom. The zero-order valence-corrected chi connectivity index (χ0v) is 14.2. The second-order valence-corrected chi connectivity index (χ2v) is 7.69. The molecule has 3 rings (SSSR count). The molecule has 1 aromatic carbocycles. The molecule has 2 saturated carbocycles. The summed E-state index contributed by atoms with van der Waals surface area (Å²) >= 11 is 0. The average Bonchev–Trinajstić information content (AvgIpc) is 3.33. The predicted molar refractivity (Wildman–Crippen MR) is 87.0 cm³/mol. The van der Waals surface area contributed by atoms with Crippen LogP contribution >= 0.6 is 0 Å². The quantitative estimate of drug-likeness (QED) is 0.890. The number of halogens is 1. The monoisotopic (exact) mass is 334 g/mol. The van der Waals surface area contributed by atoms with Crippen molar-refractivity contribution in [2.24, 2.45) is 0 Å². The Labute approximate surface area is 141 Å². The molecular weight excluding hydrogens is 311 g/mol. The smallest absolute Gasteiger partial charge is 0.408 e. The van der Waals surface area contributed by atoms with Gasteiger partial charge in [0, 0.05) is 12.0 Å². The number of nitrogens with one attached hydrogen (secondary N) is 2. The van der Waals surface area contributed by atoms with E-state index in [9.17, 15) is 14.0 Å². The van der Waals surface area contributed by atoms with Crippen LogP contribution in [-0.4, -0.2) is 29.2 Å². The predicted octanol–water partition coefficient (Wildman–Crippen LogP) is 2.86. The summed E-state index contributed by atoms with van der Waals surface area (Å²) in [6.45, 7) is 5.33. The van der Waals surface area contributed by atoms with Gasteiger partial charge in [-0.2, -0.15) is 0 Å². The molecule has 1 aromatic rings. The van der Waals surface area contributed by atoms with Crippen LogP contribution < -0.4 is 10.6 Å². The van der Waals surface area contributed by atoms with Crippen LogP contribution in [0.3, 0.4) is 0 Å².